The van der Waals surface area contributed by atoms with Crippen LogP contribution in [-0.4, -0.2) is 38.2 Å². The zero-order valence-electron chi connectivity index (χ0n) is 16.0. The van der Waals surface area contributed by atoms with Gasteiger partial charge in [-0.25, -0.2) is 0 Å². The number of rotatable bonds is 5. The highest BCUT2D eigenvalue weighted by atomic mass is 35.5. The van der Waals surface area contributed by atoms with Crippen molar-refractivity contribution in [3.05, 3.63) is 41.4 Å². The summed E-state index contributed by atoms with van der Waals surface area (Å²) < 4.78 is 16.1. The van der Waals surface area contributed by atoms with Crippen LogP contribution in [0.5, 0.6) is 17.2 Å². The van der Waals surface area contributed by atoms with Crippen molar-refractivity contribution < 1.29 is 23.8 Å². The summed E-state index contributed by atoms with van der Waals surface area (Å²) in [5.41, 5.74) is 0.986. The van der Waals surface area contributed by atoms with E-state index in [0.29, 0.717) is 33.6 Å². The van der Waals surface area contributed by atoms with Gasteiger partial charge in [-0.3, -0.25) is 14.5 Å². The molecule has 1 aliphatic heterocycles. The second-order valence-corrected chi connectivity index (χ2v) is 6.75. The van der Waals surface area contributed by atoms with Gasteiger partial charge in [0.1, 0.15) is 11.8 Å². The average molecular weight is 405 g/mol. The van der Waals surface area contributed by atoms with Crippen molar-refractivity contribution in [1.29, 1.82) is 0 Å². The van der Waals surface area contributed by atoms with E-state index in [0.717, 1.165) is 0 Å². The molecule has 1 heterocycles. The lowest BCUT2D eigenvalue weighted by Gasteiger charge is -2.36. The summed E-state index contributed by atoms with van der Waals surface area (Å²) >= 11 is 6.08. The van der Waals surface area contributed by atoms with Gasteiger partial charge in [0.2, 0.25) is 5.91 Å². The molecule has 2 aromatic carbocycles. The smallest absolute Gasteiger partial charge is 0.268 e. The molecule has 2 unspecified atom stereocenters. The first-order valence-corrected chi connectivity index (χ1v) is 9.05. The van der Waals surface area contributed by atoms with E-state index in [1.165, 1.54) is 19.1 Å². The Labute approximate surface area is 168 Å². The number of fused-ring (bicyclic) bond motifs is 1. The molecule has 148 valence electrons. The summed E-state index contributed by atoms with van der Waals surface area (Å²) in [6, 6.07) is 9.22. The Morgan fingerprint density at radius 2 is 1.89 bits per heavy atom. The zero-order valence-corrected chi connectivity index (χ0v) is 16.7. The lowest BCUT2D eigenvalue weighted by Crippen LogP contribution is -2.52. The minimum Gasteiger partial charge on any atom is -0.493 e. The highest BCUT2D eigenvalue weighted by Gasteiger charge is 2.37. The van der Waals surface area contributed by atoms with Crippen molar-refractivity contribution in [2.24, 2.45) is 0 Å². The molecule has 8 heteroatoms. The fourth-order valence-electron chi connectivity index (χ4n) is 3.01. The van der Waals surface area contributed by atoms with Crippen molar-refractivity contribution in [3.8, 4) is 17.2 Å². The Hall–Kier alpha value is -2.93. The number of hydrogen-bond acceptors (Lipinski definition) is 5. The fourth-order valence-corrected chi connectivity index (χ4v) is 3.18. The molecule has 0 saturated heterocycles. The molecule has 0 radical (unpaired) electrons. The number of nitrogens with zero attached hydrogens (tertiary/aromatic N) is 1. The third-order valence-electron chi connectivity index (χ3n) is 4.49. The van der Waals surface area contributed by atoms with Crippen molar-refractivity contribution in [2.75, 3.05) is 24.4 Å². The third kappa shape index (κ3) is 3.71. The quantitative estimate of drug-likeness (QED) is 0.825. The number of methoxy groups -OCH3 is 2. The predicted molar refractivity (Wildman–Crippen MR) is 107 cm³/mol. The molecule has 0 aliphatic carbocycles. The molecule has 1 N–H and O–H groups in total. The van der Waals surface area contributed by atoms with Gasteiger partial charge >= 0.3 is 0 Å². The van der Waals surface area contributed by atoms with Gasteiger partial charge in [-0.2, -0.15) is 0 Å². The number of carbonyl (C=O) groups is 2. The van der Waals surface area contributed by atoms with Crippen molar-refractivity contribution in [3.63, 3.8) is 0 Å². The number of amides is 2. The van der Waals surface area contributed by atoms with E-state index in [-0.39, 0.29) is 11.8 Å². The van der Waals surface area contributed by atoms with Crippen molar-refractivity contribution >= 4 is 34.8 Å². The number of carbonyl (C=O) groups excluding carboxylic acids is 2. The van der Waals surface area contributed by atoms with Gasteiger partial charge in [0.15, 0.2) is 17.6 Å². The summed E-state index contributed by atoms with van der Waals surface area (Å²) in [5.74, 6) is 0.864. The van der Waals surface area contributed by atoms with E-state index in [4.69, 9.17) is 25.8 Å². The van der Waals surface area contributed by atoms with Crippen LogP contribution >= 0.6 is 11.6 Å². The standard InChI is InChI=1S/C20H21ClN2O5/c1-11(19(24)22-14-6-8-17(26-3)18(10-14)27-4)23-15-9-13(21)5-7-16(15)28-12(2)20(23)25/h5-12H,1-4H3,(H,22,24). The monoisotopic (exact) mass is 404 g/mol. The summed E-state index contributed by atoms with van der Waals surface area (Å²) in [7, 11) is 3.05. The van der Waals surface area contributed by atoms with Crippen LogP contribution in [-0.2, 0) is 9.59 Å². The molecule has 0 saturated carbocycles. The maximum atomic E-state index is 12.9. The van der Waals surface area contributed by atoms with Crippen LogP contribution in [0.25, 0.3) is 0 Å². The Morgan fingerprint density at radius 3 is 2.57 bits per heavy atom. The number of hydrogen-bond donors (Lipinski definition) is 1. The van der Waals surface area contributed by atoms with Crippen LogP contribution in [0.3, 0.4) is 0 Å². The molecule has 2 aromatic rings. The SMILES string of the molecule is COc1ccc(NC(=O)C(C)N2C(=O)C(C)Oc3ccc(Cl)cc32)cc1OC. The van der Waals surface area contributed by atoms with Gasteiger partial charge < -0.3 is 19.5 Å². The van der Waals surface area contributed by atoms with E-state index in [9.17, 15) is 9.59 Å². The van der Waals surface area contributed by atoms with Crippen LogP contribution in [0.2, 0.25) is 5.02 Å². The minimum absolute atomic E-state index is 0.315. The largest absolute Gasteiger partial charge is 0.493 e. The van der Waals surface area contributed by atoms with Crippen LogP contribution < -0.4 is 24.4 Å². The normalized spacial score (nSPS) is 16.7. The molecule has 3 rings (SSSR count). The summed E-state index contributed by atoms with van der Waals surface area (Å²) in [6.07, 6.45) is -0.704. The molecule has 0 spiro atoms. The van der Waals surface area contributed by atoms with Gasteiger partial charge in [-0.15, -0.1) is 0 Å². The Morgan fingerprint density at radius 1 is 1.18 bits per heavy atom. The number of benzene rings is 2. The van der Waals surface area contributed by atoms with Crippen molar-refractivity contribution in [2.45, 2.75) is 26.0 Å². The lowest BCUT2D eigenvalue weighted by atomic mass is 10.1. The maximum absolute atomic E-state index is 12.9. The van der Waals surface area contributed by atoms with E-state index < -0.39 is 12.1 Å². The van der Waals surface area contributed by atoms with Gasteiger partial charge in [0.05, 0.1) is 19.9 Å². The van der Waals surface area contributed by atoms with Crippen molar-refractivity contribution in [1.82, 2.24) is 0 Å². The number of anilines is 2. The minimum atomic E-state index is -0.788. The molecule has 7 nitrogen and oxygen atoms in total. The number of ether oxygens (including phenoxy) is 3. The van der Waals surface area contributed by atoms with E-state index in [2.05, 4.69) is 5.32 Å². The van der Waals surface area contributed by atoms with E-state index >= 15 is 0 Å². The molecule has 0 bridgehead atoms. The molecule has 2 amide bonds. The Balaban J connectivity index is 1.87. The molecular weight excluding hydrogens is 384 g/mol. The second kappa shape index (κ2) is 7.98. The maximum Gasteiger partial charge on any atom is 0.268 e. The van der Waals surface area contributed by atoms with Gasteiger partial charge in [-0.05, 0) is 44.2 Å². The van der Waals surface area contributed by atoms with Crippen LogP contribution in [0, 0.1) is 0 Å². The van der Waals surface area contributed by atoms with Crippen LogP contribution in [0.15, 0.2) is 36.4 Å². The topological polar surface area (TPSA) is 77.1 Å². The lowest BCUT2D eigenvalue weighted by molar-refractivity contribution is -0.128. The first kappa shape index (κ1) is 19.8. The first-order valence-electron chi connectivity index (χ1n) is 8.68. The molecule has 0 fully saturated rings. The zero-order chi connectivity index (χ0) is 20.4. The number of halogens is 1. The molecular formula is C20H21ClN2O5. The van der Waals surface area contributed by atoms with Crippen LogP contribution in [0.4, 0.5) is 11.4 Å². The molecule has 28 heavy (non-hydrogen) atoms. The van der Waals surface area contributed by atoms with Gasteiger partial charge in [0.25, 0.3) is 5.91 Å². The summed E-state index contributed by atoms with van der Waals surface area (Å²) in [6.45, 7) is 3.29. The molecule has 2 atom stereocenters. The van der Waals surface area contributed by atoms with Gasteiger partial charge in [0, 0.05) is 16.8 Å². The molecule has 0 aromatic heterocycles. The first-order chi connectivity index (χ1) is 13.3. The average Bonchev–Trinajstić information content (AvgIpc) is 2.68. The third-order valence-corrected chi connectivity index (χ3v) is 4.72. The summed E-state index contributed by atoms with van der Waals surface area (Å²) in [5, 5.41) is 3.25. The Bertz CT molecular complexity index is 917. The number of nitrogens with one attached hydrogen (secondary N) is 1. The van der Waals surface area contributed by atoms with E-state index in [1.807, 2.05) is 0 Å². The van der Waals surface area contributed by atoms with Gasteiger partial charge in [-0.1, -0.05) is 11.6 Å². The van der Waals surface area contributed by atoms with Crippen LogP contribution in [0.1, 0.15) is 13.8 Å². The predicted octanol–water partition coefficient (Wildman–Crippen LogP) is 3.50. The Kier molecular flexibility index (Phi) is 5.65. The summed E-state index contributed by atoms with van der Waals surface area (Å²) in [4.78, 5) is 27.0. The molecule has 1 aliphatic rings. The second-order valence-electron chi connectivity index (χ2n) is 6.32. The fraction of sp³-hybridized carbons (Fsp3) is 0.300. The highest BCUT2D eigenvalue weighted by molar-refractivity contribution is 6.31. The van der Waals surface area contributed by atoms with E-state index in [1.54, 1.807) is 50.2 Å². The highest BCUT2D eigenvalue weighted by Crippen LogP contribution is 2.37.